The molecule has 0 bridgehead atoms. The fourth-order valence-electron chi connectivity index (χ4n) is 3.18. The third-order valence-corrected chi connectivity index (χ3v) is 4.75. The van der Waals surface area contributed by atoms with Gasteiger partial charge in [0.15, 0.2) is 0 Å². The van der Waals surface area contributed by atoms with Gasteiger partial charge in [0.25, 0.3) is 0 Å². The number of nitrogens with one attached hydrogen (secondary N) is 1. The van der Waals surface area contributed by atoms with Gasteiger partial charge in [-0.3, -0.25) is 9.88 Å². The van der Waals surface area contributed by atoms with Crippen LogP contribution in [-0.4, -0.2) is 69.2 Å². The predicted octanol–water partition coefficient (Wildman–Crippen LogP) is 1.08. The summed E-state index contributed by atoms with van der Waals surface area (Å²) in [5.41, 5.74) is 1.87. The summed E-state index contributed by atoms with van der Waals surface area (Å²) in [6.07, 6.45) is 0.334. The minimum Gasteiger partial charge on any atom is -0.441 e. The summed E-state index contributed by atoms with van der Waals surface area (Å²) in [7, 11) is 1.84. The lowest BCUT2D eigenvalue weighted by molar-refractivity contribution is 0.0963. The molecule has 11 heteroatoms. The Balaban J connectivity index is 1.55. The Labute approximate surface area is 171 Å². The molecule has 3 aromatic rings. The molecule has 2 aromatic heterocycles. The first-order chi connectivity index (χ1) is 14.6. The number of hydrogen-bond donors (Lipinski definition) is 2. The average molecular weight is 413 g/mol. The van der Waals surface area contributed by atoms with Crippen molar-refractivity contribution in [1.29, 1.82) is 0 Å². The summed E-state index contributed by atoms with van der Waals surface area (Å²) >= 11 is 0. The Morgan fingerprint density at radius 2 is 2.20 bits per heavy atom. The molecule has 1 fully saturated rings. The number of hydrogen-bond acceptors (Lipinski definition) is 8. The molecule has 1 amide bonds. The van der Waals surface area contributed by atoms with Crippen molar-refractivity contribution in [2.75, 3.05) is 31.6 Å². The quantitative estimate of drug-likeness (QED) is 0.591. The maximum atomic E-state index is 14.8. The zero-order valence-electron chi connectivity index (χ0n) is 16.2. The maximum absolute atomic E-state index is 14.8. The van der Waals surface area contributed by atoms with Crippen LogP contribution in [0.1, 0.15) is 0 Å². The molecule has 1 aliphatic rings. The number of carbonyl (C=O) groups is 1. The summed E-state index contributed by atoms with van der Waals surface area (Å²) in [6.45, 7) is 1.19. The summed E-state index contributed by atoms with van der Waals surface area (Å²) < 4.78 is 21.4. The summed E-state index contributed by atoms with van der Waals surface area (Å²) in [5.74, 6) is 0.0276. The highest BCUT2D eigenvalue weighted by atomic mass is 19.1. The third-order valence-electron chi connectivity index (χ3n) is 4.75. The largest absolute Gasteiger partial charge is 0.441 e. The minimum absolute atomic E-state index is 0.173. The molecule has 0 unspecified atom stereocenters. The molecule has 30 heavy (non-hydrogen) atoms. The van der Waals surface area contributed by atoms with Gasteiger partial charge in [-0.25, -0.2) is 13.9 Å². The average Bonchev–Trinajstić information content (AvgIpc) is 3.38. The summed E-state index contributed by atoms with van der Waals surface area (Å²) in [4.78, 5) is 17.6. The van der Waals surface area contributed by atoms with E-state index < -0.39 is 18.0 Å². The zero-order chi connectivity index (χ0) is 21.1. The number of benzene rings is 1. The number of ether oxygens (including phenoxy) is 1. The second-order valence-corrected chi connectivity index (χ2v) is 6.72. The van der Waals surface area contributed by atoms with Crippen molar-refractivity contribution in [1.82, 2.24) is 30.5 Å². The number of aromatic nitrogens is 5. The van der Waals surface area contributed by atoms with Gasteiger partial charge in [-0.2, -0.15) is 0 Å². The van der Waals surface area contributed by atoms with Crippen LogP contribution in [0.5, 0.6) is 0 Å². The predicted molar refractivity (Wildman–Crippen MR) is 105 cm³/mol. The Morgan fingerprint density at radius 1 is 1.33 bits per heavy atom. The summed E-state index contributed by atoms with van der Waals surface area (Å²) in [6, 6.07) is 7.95. The van der Waals surface area contributed by atoms with Gasteiger partial charge < -0.3 is 15.2 Å². The molecular weight excluding hydrogens is 393 g/mol. The molecule has 0 saturated carbocycles. The number of aliphatic hydroxyl groups excluding tert-OH is 1. The SMILES string of the molecule is CNCCn1nnnc1-c1ccc(-c2ccc(N3C[C@H](CO)OC3=O)cc2F)cn1. The molecule has 4 rings (SSSR count). The number of nitrogens with zero attached hydrogens (tertiary/aromatic N) is 6. The molecule has 10 nitrogen and oxygen atoms in total. The van der Waals surface area contributed by atoms with E-state index in [9.17, 15) is 9.18 Å². The number of cyclic esters (lactones) is 1. The van der Waals surface area contributed by atoms with E-state index in [1.54, 1.807) is 35.1 Å². The highest BCUT2D eigenvalue weighted by Gasteiger charge is 2.32. The maximum Gasteiger partial charge on any atom is 0.414 e. The number of pyridine rings is 1. The number of likely N-dealkylation sites (N-methyl/N-ethyl adjacent to an activating group) is 1. The normalized spacial score (nSPS) is 16.2. The van der Waals surface area contributed by atoms with E-state index in [2.05, 4.69) is 25.8 Å². The first-order valence-corrected chi connectivity index (χ1v) is 9.37. The van der Waals surface area contributed by atoms with Crippen molar-refractivity contribution in [3.63, 3.8) is 0 Å². The fraction of sp³-hybridized carbons (Fsp3) is 0.316. The van der Waals surface area contributed by atoms with Gasteiger partial charge in [-0.1, -0.05) is 6.07 Å². The van der Waals surface area contributed by atoms with Gasteiger partial charge in [0.2, 0.25) is 5.82 Å². The van der Waals surface area contributed by atoms with Gasteiger partial charge in [-0.15, -0.1) is 5.10 Å². The van der Waals surface area contributed by atoms with Gasteiger partial charge in [0, 0.05) is 23.9 Å². The molecule has 1 atom stereocenters. The van der Waals surface area contributed by atoms with Crippen LogP contribution in [-0.2, 0) is 11.3 Å². The molecule has 0 aliphatic carbocycles. The van der Waals surface area contributed by atoms with Crippen molar-refractivity contribution < 1.29 is 19.0 Å². The molecule has 1 aromatic carbocycles. The number of anilines is 1. The van der Waals surface area contributed by atoms with E-state index in [-0.39, 0.29) is 13.2 Å². The molecule has 2 N–H and O–H groups in total. The van der Waals surface area contributed by atoms with E-state index >= 15 is 0 Å². The van der Waals surface area contributed by atoms with Crippen LogP contribution in [0.3, 0.4) is 0 Å². The van der Waals surface area contributed by atoms with E-state index in [4.69, 9.17) is 9.84 Å². The first kappa shape index (κ1) is 19.9. The van der Waals surface area contributed by atoms with Crippen LogP contribution in [0, 0.1) is 5.82 Å². The number of tetrazole rings is 1. The molecule has 1 aliphatic heterocycles. The van der Waals surface area contributed by atoms with Gasteiger partial charge >= 0.3 is 6.09 Å². The van der Waals surface area contributed by atoms with Crippen LogP contribution in [0.25, 0.3) is 22.6 Å². The molecule has 156 valence electrons. The minimum atomic E-state index is -0.610. The van der Waals surface area contributed by atoms with Gasteiger partial charge in [0.1, 0.15) is 17.6 Å². The van der Waals surface area contributed by atoms with Crippen LogP contribution < -0.4 is 10.2 Å². The Kier molecular flexibility index (Phi) is 5.63. The van der Waals surface area contributed by atoms with E-state index in [1.807, 2.05) is 7.05 Å². The number of aliphatic hydroxyl groups is 1. The Hall–Kier alpha value is -3.44. The van der Waals surface area contributed by atoms with Crippen molar-refractivity contribution in [3.05, 3.63) is 42.3 Å². The lowest BCUT2D eigenvalue weighted by Gasteiger charge is -2.14. The van der Waals surface area contributed by atoms with Crippen molar-refractivity contribution in [2.45, 2.75) is 12.6 Å². The second-order valence-electron chi connectivity index (χ2n) is 6.72. The van der Waals surface area contributed by atoms with E-state index in [1.165, 1.54) is 11.0 Å². The topological polar surface area (TPSA) is 118 Å². The monoisotopic (exact) mass is 413 g/mol. The standard InChI is InChI=1S/C19H20FN7O3/c1-21-6-7-27-18(23-24-25-27)17-5-2-12(9-22-17)15-4-3-13(8-16(15)20)26-10-14(11-28)30-19(26)29/h2-5,8-9,14,21,28H,6-7,10-11H2,1H3/t14-/m1/s1. The number of amides is 1. The van der Waals surface area contributed by atoms with Crippen molar-refractivity contribution >= 4 is 11.8 Å². The fourth-order valence-corrected chi connectivity index (χ4v) is 3.18. The van der Waals surface area contributed by atoms with Crippen LogP contribution in [0.4, 0.5) is 14.9 Å². The molecule has 0 spiro atoms. The van der Waals surface area contributed by atoms with Gasteiger partial charge in [-0.05, 0) is 41.7 Å². The molecule has 1 saturated heterocycles. The second kappa shape index (κ2) is 8.51. The number of halogens is 1. The highest BCUT2D eigenvalue weighted by Crippen LogP contribution is 2.29. The molecular formula is C19H20FN7O3. The zero-order valence-corrected chi connectivity index (χ0v) is 16.2. The smallest absolute Gasteiger partial charge is 0.414 e. The highest BCUT2D eigenvalue weighted by molar-refractivity contribution is 5.90. The van der Waals surface area contributed by atoms with Crippen LogP contribution >= 0.6 is 0 Å². The third kappa shape index (κ3) is 3.84. The first-order valence-electron chi connectivity index (χ1n) is 9.37. The number of rotatable bonds is 7. The van der Waals surface area contributed by atoms with Crippen molar-refractivity contribution in [3.8, 4) is 22.6 Å². The Morgan fingerprint density at radius 3 is 2.87 bits per heavy atom. The lowest BCUT2D eigenvalue weighted by atomic mass is 10.1. The summed E-state index contributed by atoms with van der Waals surface area (Å²) in [5, 5.41) is 23.8. The van der Waals surface area contributed by atoms with E-state index in [0.29, 0.717) is 41.4 Å². The Bertz CT molecular complexity index is 1040. The lowest BCUT2D eigenvalue weighted by Crippen LogP contribution is -2.25. The van der Waals surface area contributed by atoms with Crippen LogP contribution in [0.15, 0.2) is 36.5 Å². The van der Waals surface area contributed by atoms with Gasteiger partial charge in [0.05, 0.1) is 25.4 Å². The van der Waals surface area contributed by atoms with E-state index in [0.717, 1.165) is 0 Å². The van der Waals surface area contributed by atoms with Crippen molar-refractivity contribution in [2.24, 2.45) is 0 Å². The van der Waals surface area contributed by atoms with Crippen LogP contribution in [0.2, 0.25) is 0 Å². The number of carbonyl (C=O) groups excluding carboxylic acids is 1. The molecule has 0 radical (unpaired) electrons. The molecule has 3 heterocycles.